The van der Waals surface area contributed by atoms with Crippen molar-refractivity contribution in [1.82, 2.24) is 14.7 Å². The summed E-state index contributed by atoms with van der Waals surface area (Å²) in [4.78, 5) is 16.5. The van der Waals surface area contributed by atoms with Gasteiger partial charge in [-0.15, -0.1) is 0 Å². The molecule has 2 aromatic heterocycles. The first-order chi connectivity index (χ1) is 16.6. The molecular weight excluding hydrogens is 449 g/mol. The summed E-state index contributed by atoms with van der Waals surface area (Å²) in [5.74, 6) is 1.04. The second kappa shape index (κ2) is 10.1. The van der Waals surface area contributed by atoms with E-state index in [2.05, 4.69) is 32.2 Å². The third kappa shape index (κ3) is 4.89. The zero-order valence-electron chi connectivity index (χ0n) is 19.1. The Kier molecular flexibility index (Phi) is 6.72. The van der Waals surface area contributed by atoms with Crippen LogP contribution in [0.3, 0.4) is 0 Å². The predicted molar refractivity (Wildman–Crippen MR) is 132 cm³/mol. The zero-order chi connectivity index (χ0) is 23.5. The lowest BCUT2D eigenvalue weighted by Crippen LogP contribution is -2.44. The molecule has 1 fully saturated rings. The first kappa shape index (κ1) is 22.7. The smallest absolute Gasteiger partial charge is 0.407 e. The molecule has 4 atom stereocenters. The zero-order valence-corrected chi connectivity index (χ0v) is 19.9. The minimum atomic E-state index is -0.319. The topological polar surface area (TPSA) is 64.1 Å². The fourth-order valence-electron chi connectivity index (χ4n) is 5.43. The number of hydrogen-bond acceptors (Lipinski definition) is 5. The highest BCUT2D eigenvalue weighted by molar-refractivity contribution is 7.03. The van der Waals surface area contributed by atoms with Crippen LogP contribution in [0.1, 0.15) is 49.1 Å². The highest BCUT2D eigenvalue weighted by Gasteiger charge is 2.40. The van der Waals surface area contributed by atoms with Crippen LogP contribution in [0.5, 0.6) is 0 Å². The van der Waals surface area contributed by atoms with Crippen molar-refractivity contribution in [2.75, 3.05) is 6.61 Å². The molecule has 34 heavy (non-hydrogen) atoms. The standard InChI is InChI=1S/C27H28FN3O2S/c1-2-33-27(32)30-22-9-10-23-19(13-22)14-26-25(16-34-31-26)24(23)11-8-21-7-6-18(15-29-21)17-4-3-5-20(28)12-17/h3-8,11-12,15-16,19,22-24H,2,9-10,13-14H2,1H3,(H,30,32)/t19-,22+,23+,24-/m0/s1. The number of pyridine rings is 1. The molecule has 0 bridgehead atoms. The van der Waals surface area contributed by atoms with Crippen LogP contribution in [0, 0.1) is 17.7 Å². The average molecular weight is 478 g/mol. The van der Waals surface area contributed by atoms with E-state index in [-0.39, 0.29) is 18.0 Å². The number of benzene rings is 1. The quantitative estimate of drug-likeness (QED) is 0.473. The van der Waals surface area contributed by atoms with Gasteiger partial charge in [0.25, 0.3) is 0 Å². The molecule has 3 aromatic rings. The first-order valence-electron chi connectivity index (χ1n) is 11.9. The Bertz CT molecular complexity index is 1180. The fraction of sp³-hybridized carbons (Fsp3) is 0.370. The number of halogens is 1. The Labute approximate surface area is 203 Å². The molecule has 1 aromatic carbocycles. The van der Waals surface area contributed by atoms with Crippen molar-refractivity contribution in [2.45, 2.75) is 44.6 Å². The van der Waals surface area contributed by atoms with E-state index in [0.717, 1.165) is 42.5 Å². The summed E-state index contributed by atoms with van der Waals surface area (Å²) >= 11 is 1.53. The number of carbonyl (C=O) groups is 1. The van der Waals surface area contributed by atoms with Crippen molar-refractivity contribution in [1.29, 1.82) is 0 Å². The molecular formula is C27H28FN3O2S. The van der Waals surface area contributed by atoms with Crippen LogP contribution in [0.15, 0.2) is 54.1 Å². The summed E-state index contributed by atoms with van der Waals surface area (Å²) in [5, 5.41) is 5.22. The van der Waals surface area contributed by atoms with E-state index < -0.39 is 0 Å². The number of allylic oxidation sites excluding steroid dienone is 1. The van der Waals surface area contributed by atoms with Crippen molar-refractivity contribution in [3.63, 3.8) is 0 Å². The van der Waals surface area contributed by atoms with E-state index >= 15 is 0 Å². The number of amides is 1. The molecule has 0 spiro atoms. The summed E-state index contributed by atoms with van der Waals surface area (Å²) < 4.78 is 23.3. The Balaban J connectivity index is 1.32. The summed E-state index contributed by atoms with van der Waals surface area (Å²) in [5.41, 5.74) is 5.11. The maximum Gasteiger partial charge on any atom is 0.407 e. The Hall–Kier alpha value is -3.06. The minimum absolute atomic E-state index is 0.155. The Morgan fingerprint density at radius 1 is 1.26 bits per heavy atom. The Morgan fingerprint density at radius 3 is 2.97 bits per heavy atom. The van der Waals surface area contributed by atoms with Crippen LogP contribution in [-0.2, 0) is 11.2 Å². The lowest BCUT2D eigenvalue weighted by Gasteiger charge is -2.42. The van der Waals surface area contributed by atoms with Crippen molar-refractivity contribution in [2.24, 2.45) is 11.8 Å². The summed E-state index contributed by atoms with van der Waals surface area (Å²) in [6.45, 7) is 2.21. The molecule has 0 aliphatic heterocycles. The molecule has 176 valence electrons. The highest BCUT2D eigenvalue weighted by atomic mass is 32.1. The second-order valence-corrected chi connectivity index (χ2v) is 9.72. The summed E-state index contributed by atoms with van der Waals surface area (Å²) in [6.07, 6.45) is 9.76. The van der Waals surface area contributed by atoms with E-state index in [1.54, 1.807) is 12.3 Å². The molecule has 7 heteroatoms. The molecule has 1 N–H and O–H groups in total. The van der Waals surface area contributed by atoms with Gasteiger partial charge in [0, 0.05) is 29.1 Å². The number of hydrogen-bond donors (Lipinski definition) is 1. The predicted octanol–water partition coefficient (Wildman–Crippen LogP) is 6.23. The lowest BCUT2D eigenvalue weighted by molar-refractivity contribution is 0.129. The highest BCUT2D eigenvalue weighted by Crippen LogP contribution is 2.48. The van der Waals surface area contributed by atoms with E-state index in [0.29, 0.717) is 24.4 Å². The number of aromatic nitrogens is 2. The number of carbonyl (C=O) groups excluding carboxylic acids is 1. The Morgan fingerprint density at radius 2 is 2.18 bits per heavy atom. The van der Waals surface area contributed by atoms with E-state index in [1.165, 1.54) is 34.9 Å². The third-order valence-corrected chi connectivity index (χ3v) is 7.69. The number of nitrogens with zero attached hydrogens (tertiary/aromatic N) is 2. The number of nitrogens with one attached hydrogen (secondary N) is 1. The fourth-order valence-corrected chi connectivity index (χ4v) is 6.20. The normalized spacial score (nSPS) is 23.8. The molecule has 5 rings (SSSR count). The van der Waals surface area contributed by atoms with Crippen LogP contribution >= 0.6 is 11.5 Å². The van der Waals surface area contributed by atoms with Gasteiger partial charge in [-0.3, -0.25) is 4.98 Å². The first-order valence-corrected chi connectivity index (χ1v) is 12.7. The van der Waals surface area contributed by atoms with Gasteiger partial charge in [0.15, 0.2) is 0 Å². The van der Waals surface area contributed by atoms with Gasteiger partial charge in [-0.2, -0.15) is 4.37 Å². The largest absolute Gasteiger partial charge is 0.450 e. The minimum Gasteiger partial charge on any atom is -0.450 e. The van der Waals surface area contributed by atoms with Crippen molar-refractivity contribution >= 4 is 23.7 Å². The van der Waals surface area contributed by atoms with E-state index in [1.807, 2.05) is 25.1 Å². The molecule has 0 saturated heterocycles. The monoisotopic (exact) mass is 477 g/mol. The number of fused-ring (bicyclic) bond motifs is 2. The van der Waals surface area contributed by atoms with Gasteiger partial charge in [0.2, 0.25) is 0 Å². The second-order valence-electron chi connectivity index (χ2n) is 9.09. The molecule has 0 unspecified atom stereocenters. The van der Waals surface area contributed by atoms with Crippen LogP contribution in [0.2, 0.25) is 0 Å². The average Bonchev–Trinajstić information content (AvgIpc) is 3.30. The van der Waals surface area contributed by atoms with Crippen LogP contribution in [0.4, 0.5) is 9.18 Å². The van der Waals surface area contributed by atoms with Gasteiger partial charge in [-0.1, -0.05) is 24.3 Å². The molecule has 5 nitrogen and oxygen atoms in total. The van der Waals surface area contributed by atoms with Gasteiger partial charge in [-0.25, -0.2) is 9.18 Å². The van der Waals surface area contributed by atoms with Crippen molar-refractivity contribution < 1.29 is 13.9 Å². The third-order valence-electron chi connectivity index (χ3n) is 7.01. The molecule has 2 aliphatic carbocycles. The van der Waals surface area contributed by atoms with Crippen molar-refractivity contribution in [3.05, 3.63) is 76.8 Å². The van der Waals surface area contributed by atoms with Gasteiger partial charge in [-0.05, 0) is 91.4 Å². The van der Waals surface area contributed by atoms with Gasteiger partial charge >= 0.3 is 6.09 Å². The van der Waals surface area contributed by atoms with Crippen LogP contribution in [0.25, 0.3) is 17.2 Å². The van der Waals surface area contributed by atoms with E-state index in [9.17, 15) is 9.18 Å². The van der Waals surface area contributed by atoms with E-state index in [4.69, 9.17) is 4.74 Å². The molecule has 2 aliphatic rings. The number of ether oxygens (including phenoxy) is 1. The van der Waals surface area contributed by atoms with Gasteiger partial charge in [0.1, 0.15) is 5.82 Å². The molecule has 2 heterocycles. The summed E-state index contributed by atoms with van der Waals surface area (Å²) in [6, 6.07) is 10.7. The van der Waals surface area contributed by atoms with Crippen molar-refractivity contribution in [3.8, 4) is 11.1 Å². The maximum atomic E-state index is 13.5. The van der Waals surface area contributed by atoms with Crippen LogP contribution < -0.4 is 5.32 Å². The maximum absolute atomic E-state index is 13.5. The lowest BCUT2D eigenvalue weighted by atomic mass is 9.64. The number of rotatable bonds is 5. The van der Waals surface area contributed by atoms with Gasteiger partial charge in [0.05, 0.1) is 18.0 Å². The van der Waals surface area contributed by atoms with Gasteiger partial charge < -0.3 is 10.1 Å². The molecule has 1 amide bonds. The van der Waals surface area contributed by atoms with Crippen LogP contribution in [-0.4, -0.2) is 28.1 Å². The molecule has 0 radical (unpaired) electrons. The molecule has 1 saturated carbocycles. The summed E-state index contributed by atoms with van der Waals surface area (Å²) in [7, 11) is 0. The SMILES string of the molecule is CCOC(=O)N[C@@H]1CC[C@@H]2[C@H](Cc3nscc3[C@H]2C=Cc2ccc(-c3cccc(F)c3)cn2)C1. The number of alkyl carbamates (subject to hydrolysis) is 1.